The maximum absolute atomic E-state index is 13.8. The molecule has 3 nitrogen and oxygen atoms in total. The van der Waals surface area contributed by atoms with Crippen LogP contribution in [0.1, 0.15) is 20.3 Å². The molecule has 1 aromatic carbocycles. The number of carboxylic acids is 1. The number of rotatable bonds is 6. The van der Waals surface area contributed by atoms with Gasteiger partial charge in [-0.2, -0.15) is 0 Å². The predicted molar refractivity (Wildman–Crippen MR) is 83.9 cm³/mol. The highest BCUT2D eigenvalue weighted by Gasteiger charge is 2.10. The molecule has 1 rings (SSSR count). The molecule has 0 amide bonds. The van der Waals surface area contributed by atoms with E-state index in [0.717, 1.165) is 5.57 Å². The van der Waals surface area contributed by atoms with Crippen molar-refractivity contribution in [3.8, 4) is 0 Å². The molecule has 112 valence electrons. The standard InChI is InChI=1S/C16H17ClFNO2/c1-10(2)7-8-14(11(3)9-15(20)21)19-16-12(17)5-4-6-13(16)18/h4-8,19H,1,9H2,2-3H3,(H,20,21)/b8-7-,14-11-. The Labute approximate surface area is 128 Å². The van der Waals surface area contributed by atoms with Gasteiger partial charge in [0.1, 0.15) is 5.82 Å². The van der Waals surface area contributed by atoms with Gasteiger partial charge >= 0.3 is 5.97 Å². The van der Waals surface area contributed by atoms with Gasteiger partial charge in [0.2, 0.25) is 0 Å². The van der Waals surface area contributed by atoms with Crippen molar-refractivity contribution in [2.24, 2.45) is 0 Å². The highest BCUT2D eigenvalue weighted by molar-refractivity contribution is 6.33. The molecule has 1 aromatic rings. The third-order valence-electron chi connectivity index (χ3n) is 2.63. The molecule has 21 heavy (non-hydrogen) atoms. The van der Waals surface area contributed by atoms with Crippen LogP contribution in [-0.4, -0.2) is 11.1 Å². The number of aliphatic carboxylic acids is 1. The van der Waals surface area contributed by atoms with Gasteiger partial charge < -0.3 is 10.4 Å². The van der Waals surface area contributed by atoms with Crippen molar-refractivity contribution < 1.29 is 14.3 Å². The number of benzene rings is 1. The molecular weight excluding hydrogens is 293 g/mol. The summed E-state index contributed by atoms with van der Waals surface area (Å²) in [6, 6.07) is 4.33. The summed E-state index contributed by atoms with van der Waals surface area (Å²) in [7, 11) is 0. The van der Waals surface area contributed by atoms with Crippen LogP contribution in [0.2, 0.25) is 5.02 Å². The molecule has 0 saturated heterocycles. The Balaban J connectivity index is 3.19. The zero-order chi connectivity index (χ0) is 16.0. The Morgan fingerprint density at radius 3 is 2.62 bits per heavy atom. The van der Waals surface area contributed by atoms with E-state index in [1.807, 2.05) is 0 Å². The van der Waals surface area contributed by atoms with E-state index in [9.17, 15) is 9.18 Å². The second kappa shape index (κ2) is 7.64. The average molecular weight is 310 g/mol. The molecule has 0 aliphatic carbocycles. The normalized spacial score (nSPS) is 12.2. The molecule has 0 fully saturated rings. The smallest absolute Gasteiger partial charge is 0.307 e. The van der Waals surface area contributed by atoms with Crippen LogP contribution in [0.25, 0.3) is 0 Å². The molecular formula is C16H17ClFNO2. The van der Waals surface area contributed by atoms with E-state index in [4.69, 9.17) is 16.7 Å². The number of carboxylic acid groups (broad SMARTS) is 1. The largest absolute Gasteiger partial charge is 0.481 e. The van der Waals surface area contributed by atoms with Gasteiger partial charge in [-0.15, -0.1) is 0 Å². The van der Waals surface area contributed by atoms with Crippen LogP contribution in [0.3, 0.4) is 0 Å². The number of hydrogen-bond acceptors (Lipinski definition) is 2. The van der Waals surface area contributed by atoms with E-state index < -0.39 is 11.8 Å². The Bertz CT molecular complexity index is 600. The molecule has 5 heteroatoms. The maximum atomic E-state index is 13.8. The lowest BCUT2D eigenvalue weighted by Gasteiger charge is -2.13. The Morgan fingerprint density at radius 2 is 2.10 bits per heavy atom. The lowest BCUT2D eigenvalue weighted by Crippen LogP contribution is -2.06. The van der Waals surface area contributed by atoms with Gasteiger partial charge in [-0.05, 0) is 37.6 Å². The average Bonchev–Trinajstić information content (AvgIpc) is 2.36. The van der Waals surface area contributed by atoms with Crippen LogP contribution < -0.4 is 5.32 Å². The Hall–Kier alpha value is -2.07. The third-order valence-corrected chi connectivity index (χ3v) is 2.95. The predicted octanol–water partition coefficient (Wildman–Crippen LogP) is 4.77. The van der Waals surface area contributed by atoms with E-state index in [2.05, 4.69) is 11.9 Å². The number of carbonyl (C=O) groups is 1. The van der Waals surface area contributed by atoms with Crippen molar-refractivity contribution in [3.63, 3.8) is 0 Å². The van der Waals surface area contributed by atoms with Crippen molar-refractivity contribution >= 4 is 23.3 Å². The molecule has 0 heterocycles. The fourth-order valence-electron chi connectivity index (χ4n) is 1.59. The molecule has 0 aliphatic rings. The summed E-state index contributed by atoms with van der Waals surface area (Å²) in [5.74, 6) is -1.47. The molecule has 0 spiro atoms. The summed E-state index contributed by atoms with van der Waals surface area (Å²) in [4.78, 5) is 10.8. The number of nitrogens with one attached hydrogen (secondary N) is 1. The number of hydrogen-bond donors (Lipinski definition) is 2. The maximum Gasteiger partial charge on any atom is 0.307 e. The topological polar surface area (TPSA) is 49.3 Å². The second-order valence-corrected chi connectivity index (χ2v) is 5.07. The summed E-state index contributed by atoms with van der Waals surface area (Å²) in [5.41, 5.74) is 1.94. The van der Waals surface area contributed by atoms with Gasteiger partial charge in [0.05, 0.1) is 17.1 Å². The fraction of sp³-hybridized carbons (Fsp3) is 0.188. The molecule has 0 radical (unpaired) electrons. The minimum absolute atomic E-state index is 0.116. The number of allylic oxidation sites excluding steroid dienone is 3. The van der Waals surface area contributed by atoms with Crippen molar-refractivity contribution in [1.29, 1.82) is 0 Å². The molecule has 0 aliphatic heterocycles. The molecule has 0 atom stereocenters. The Kier molecular flexibility index (Phi) is 6.18. The molecule has 0 saturated carbocycles. The monoisotopic (exact) mass is 309 g/mol. The lowest BCUT2D eigenvalue weighted by atomic mass is 10.1. The van der Waals surface area contributed by atoms with Gasteiger partial charge in [-0.3, -0.25) is 4.79 Å². The zero-order valence-electron chi connectivity index (χ0n) is 11.9. The minimum atomic E-state index is -0.963. The first-order chi connectivity index (χ1) is 9.81. The fourth-order valence-corrected chi connectivity index (χ4v) is 1.80. The van der Waals surface area contributed by atoms with Gasteiger partial charge in [0.15, 0.2) is 0 Å². The van der Waals surface area contributed by atoms with E-state index >= 15 is 0 Å². The Morgan fingerprint density at radius 1 is 1.43 bits per heavy atom. The minimum Gasteiger partial charge on any atom is -0.481 e. The summed E-state index contributed by atoms with van der Waals surface area (Å²) < 4.78 is 13.8. The first-order valence-electron chi connectivity index (χ1n) is 6.27. The highest BCUT2D eigenvalue weighted by atomic mass is 35.5. The van der Waals surface area contributed by atoms with Crippen molar-refractivity contribution in [3.05, 3.63) is 64.6 Å². The summed E-state index contributed by atoms with van der Waals surface area (Å²) in [6.07, 6.45) is 3.21. The number of halogens is 2. The van der Waals surface area contributed by atoms with Crippen LogP contribution in [0.15, 0.2) is 53.8 Å². The summed E-state index contributed by atoms with van der Waals surface area (Å²) in [5, 5.41) is 12.0. The molecule has 2 N–H and O–H groups in total. The quantitative estimate of drug-likeness (QED) is 0.744. The van der Waals surface area contributed by atoms with Crippen LogP contribution in [0.4, 0.5) is 10.1 Å². The van der Waals surface area contributed by atoms with Crippen LogP contribution in [-0.2, 0) is 4.79 Å². The third kappa shape index (κ3) is 5.44. The van der Waals surface area contributed by atoms with E-state index in [1.165, 1.54) is 12.1 Å². The summed E-state index contributed by atoms with van der Waals surface area (Å²) >= 11 is 5.96. The highest BCUT2D eigenvalue weighted by Crippen LogP contribution is 2.27. The zero-order valence-corrected chi connectivity index (χ0v) is 12.7. The number of anilines is 1. The van der Waals surface area contributed by atoms with Crippen molar-refractivity contribution in [2.45, 2.75) is 20.3 Å². The molecule has 0 aromatic heterocycles. The van der Waals surface area contributed by atoms with Crippen LogP contribution in [0.5, 0.6) is 0 Å². The van der Waals surface area contributed by atoms with Gasteiger partial charge in [0.25, 0.3) is 0 Å². The van der Waals surface area contributed by atoms with E-state index in [-0.39, 0.29) is 17.1 Å². The second-order valence-electron chi connectivity index (χ2n) is 4.67. The molecule has 0 bridgehead atoms. The van der Waals surface area contributed by atoms with Gasteiger partial charge in [-0.25, -0.2) is 4.39 Å². The lowest BCUT2D eigenvalue weighted by molar-refractivity contribution is -0.136. The van der Waals surface area contributed by atoms with Crippen LogP contribution >= 0.6 is 11.6 Å². The first-order valence-corrected chi connectivity index (χ1v) is 6.65. The van der Waals surface area contributed by atoms with Crippen molar-refractivity contribution in [2.75, 3.05) is 5.32 Å². The van der Waals surface area contributed by atoms with Crippen molar-refractivity contribution in [1.82, 2.24) is 0 Å². The van der Waals surface area contributed by atoms with Gasteiger partial charge in [-0.1, -0.05) is 35.9 Å². The SMILES string of the molecule is C=C(C)/C=C\C(Nc1c(F)cccc1Cl)=C(/C)CC(=O)O. The summed E-state index contributed by atoms with van der Waals surface area (Å²) in [6.45, 7) is 7.20. The van der Waals surface area contributed by atoms with Crippen LogP contribution in [0, 0.1) is 5.82 Å². The first kappa shape index (κ1) is 17.0. The van der Waals surface area contributed by atoms with E-state index in [0.29, 0.717) is 11.3 Å². The van der Waals surface area contributed by atoms with E-state index in [1.54, 1.807) is 32.1 Å². The molecule has 0 unspecified atom stereocenters. The van der Waals surface area contributed by atoms with Gasteiger partial charge in [0, 0.05) is 5.70 Å². The number of para-hydroxylation sites is 1.